The zero-order chi connectivity index (χ0) is 13.9. The van der Waals surface area contributed by atoms with E-state index in [-0.39, 0.29) is 5.56 Å². The van der Waals surface area contributed by atoms with E-state index in [4.69, 9.17) is 5.73 Å². The summed E-state index contributed by atoms with van der Waals surface area (Å²) in [7, 11) is 0. The minimum absolute atomic E-state index is 0.0376. The van der Waals surface area contributed by atoms with Gasteiger partial charge in [0.05, 0.1) is 11.0 Å². The highest BCUT2D eigenvalue weighted by molar-refractivity contribution is 7.99. The Balaban J connectivity index is 1.67. The molecule has 0 amide bonds. The van der Waals surface area contributed by atoms with E-state index < -0.39 is 0 Å². The molecule has 102 valence electrons. The number of pyridine rings is 1. The molecule has 0 saturated heterocycles. The highest BCUT2D eigenvalue weighted by atomic mass is 32.2. The SMILES string of the molecule is Nc1ccc(=O)n(CCSc2nc3ccccc3[nH]2)c1. The number of thioether (sulfide) groups is 1. The van der Waals surface area contributed by atoms with Crippen molar-refractivity contribution in [3.63, 3.8) is 0 Å². The van der Waals surface area contributed by atoms with Crippen molar-refractivity contribution < 1.29 is 0 Å². The van der Waals surface area contributed by atoms with E-state index in [0.29, 0.717) is 12.2 Å². The predicted octanol–water partition coefficient (Wildman–Crippen LogP) is 2.10. The van der Waals surface area contributed by atoms with Crippen LogP contribution in [0.1, 0.15) is 0 Å². The summed E-state index contributed by atoms with van der Waals surface area (Å²) in [5.41, 5.74) is 8.21. The molecule has 20 heavy (non-hydrogen) atoms. The van der Waals surface area contributed by atoms with Crippen molar-refractivity contribution in [1.82, 2.24) is 14.5 Å². The molecule has 0 aliphatic heterocycles. The van der Waals surface area contributed by atoms with Crippen molar-refractivity contribution in [2.24, 2.45) is 0 Å². The highest BCUT2D eigenvalue weighted by Gasteiger charge is 2.03. The molecule has 2 heterocycles. The lowest BCUT2D eigenvalue weighted by Crippen LogP contribution is -2.19. The molecule has 3 aromatic rings. The number of anilines is 1. The minimum Gasteiger partial charge on any atom is -0.398 e. The van der Waals surface area contributed by atoms with Crippen LogP contribution in [0.15, 0.2) is 52.5 Å². The Kier molecular flexibility index (Phi) is 3.47. The second kappa shape index (κ2) is 5.42. The fraction of sp³-hybridized carbons (Fsp3) is 0.143. The zero-order valence-corrected chi connectivity index (χ0v) is 11.6. The summed E-state index contributed by atoms with van der Waals surface area (Å²) in [5, 5.41) is 0.864. The van der Waals surface area contributed by atoms with Crippen molar-refractivity contribution in [2.75, 3.05) is 11.5 Å². The first-order valence-electron chi connectivity index (χ1n) is 6.26. The fourth-order valence-electron chi connectivity index (χ4n) is 1.96. The van der Waals surface area contributed by atoms with Crippen LogP contribution in [-0.2, 0) is 6.54 Å². The van der Waals surface area contributed by atoms with Gasteiger partial charge in [-0.15, -0.1) is 0 Å². The Morgan fingerprint density at radius 1 is 1.25 bits per heavy atom. The molecule has 0 bridgehead atoms. The third kappa shape index (κ3) is 2.70. The van der Waals surface area contributed by atoms with Crippen LogP contribution in [0.4, 0.5) is 5.69 Å². The van der Waals surface area contributed by atoms with E-state index in [1.165, 1.54) is 6.07 Å². The molecular formula is C14H14N4OS. The van der Waals surface area contributed by atoms with Crippen molar-refractivity contribution in [1.29, 1.82) is 0 Å². The van der Waals surface area contributed by atoms with Gasteiger partial charge in [0, 0.05) is 30.2 Å². The summed E-state index contributed by atoms with van der Waals surface area (Å²) in [5.74, 6) is 0.753. The number of aromatic amines is 1. The van der Waals surface area contributed by atoms with Gasteiger partial charge < -0.3 is 15.3 Å². The van der Waals surface area contributed by atoms with E-state index in [9.17, 15) is 4.79 Å². The van der Waals surface area contributed by atoms with Crippen molar-refractivity contribution >= 4 is 28.5 Å². The van der Waals surface area contributed by atoms with E-state index in [1.54, 1.807) is 28.6 Å². The quantitative estimate of drug-likeness (QED) is 0.720. The van der Waals surface area contributed by atoms with Gasteiger partial charge in [0.2, 0.25) is 0 Å². The van der Waals surface area contributed by atoms with Crippen molar-refractivity contribution in [3.05, 3.63) is 52.9 Å². The molecular weight excluding hydrogens is 272 g/mol. The van der Waals surface area contributed by atoms with E-state index in [1.807, 2.05) is 24.3 Å². The van der Waals surface area contributed by atoms with E-state index in [2.05, 4.69) is 9.97 Å². The summed E-state index contributed by atoms with van der Waals surface area (Å²) in [6.45, 7) is 0.603. The summed E-state index contributed by atoms with van der Waals surface area (Å²) in [6, 6.07) is 11.0. The van der Waals surface area contributed by atoms with Gasteiger partial charge in [-0.25, -0.2) is 4.98 Å². The van der Waals surface area contributed by atoms with E-state index >= 15 is 0 Å². The number of aryl methyl sites for hydroxylation is 1. The maximum atomic E-state index is 11.6. The second-order valence-electron chi connectivity index (χ2n) is 4.40. The van der Waals surface area contributed by atoms with Crippen LogP contribution in [0.25, 0.3) is 11.0 Å². The number of benzene rings is 1. The molecule has 0 radical (unpaired) electrons. The van der Waals surface area contributed by atoms with Crippen LogP contribution in [0.2, 0.25) is 0 Å². The standard InChI is InChI=1S/C14H14N4OS/c15-10-5-6-13(19)18(9-10)7-8-20-14-16-11-3-1-2-4-12(11)17-14/h1-6,9H,7-8,15H2,(H,16,17). The van der Waals surface area contributed by atoms with Gasteiger partial charge >= 0.3 is 0 Å². The van der Waals surface area contributed by atoms with Crippen LogP contribution >= 0.6 is 11.8 Å². The molecule has 5 nitrogen and oxygen atoms in total. The molecule has 3 rings (SSSR count). The normalized spacial score (nSPS) is 11.0. The van der Waals surface area contributed by atoms with Gasteiger partial charge in [0.15, 0.2) is 5.16 Å². The molecule has 0 aliphatic rings. The van der Waals surface area contributed by atoms with Crippen LogP contribution in [-0.4, -0.2) is 20.3 Å². The Morgan fingerprint density at radius 2 is 2.10 bits per heavy atom. The van der Waals surface area contributed by atoms with Gasteiger partial charge in [-0.05, 0) is 18.2 Å². The van der Waals surface area contributed by atoms with Crippen LogP contribution in [0.3, 0.4) is 0 Å². The number of hydrogen-bond acceptors (Lipinski definition) is 4. The topological polar surface area (TPSA) is 76.7 Å². The molecule has 0 atom stereocenters. The van der Waals surface area contributed by atoms with Crippen molar-refractivity contribution in [3.8, 4) is 0 Å². The number of H-pyrrole nitrogens is 1. The number of aromatic nitrogens is 3. The smallest absolute Gasteiger partial charge is 0.250 e. The molecule has 6 heteroatoms. The summed E-state index contributed by atoms with van der Waals surface area (Å²) in [6.07, 6.45) is 1.67. The summed E-state index contributed by atoms with van der Waals surface area (Å²) in [4.78, 5) is 19.4. The molecule has 0 unspecified atom stereocenters. The maximum absolute atomic E-state index is 11.6. The number of imidazole rings is 1. The van der Waals surface area contributed by atoms with Gasteiger partial charge in [-0.1, -0.05) is 23.9 Å². The number of hydrogen-bond donors (Lipinski definition) is 2. The number of fused-ring (bicyclic) bond motifs is 1. The van der Waals surface area contributed by atoms with Crippen LogP contribution in [0.5, 0.6) is 0 Å². The first kappa shape index (κ1) is 12.8. The monoisotopic (exact) mass is 286 g/mol. The Bertz CT molecular complexity index is 760. The lowest BCUT2D eigenvalue weighted by molar-refractivity contribution is 0.736. The van der Waals surface area contributed by atoms with Gasteiger partial charge in [0.1, 0.15) is 0 Å². The number of nitrogens with two attached hydrogens (primary N) is 1. The first-order valence-corrected chi connectivity index (χ1v) is 7.24. The third-order valence-corrected chi connectivity index (χ3v) is 3.80. The lowest BCUT2D eigenvalue weighted by atomic mass is 10.3. The van der Waals surface area contributed by atoms with Gasteiger partial charge in [-0.2, -0.15) is 0 Å². The van der Waals surface area contributed by atoms with Crippen LogP contribution in [0, 0.1) is 0 Å². The number of rotatable bonds is 4. The zero-order valence-electron chi connectivity index (χ0n) is 10.7. The largest absolute Gasteiger partial charge is 0.398 e. The predicted molar refractivity (Wildman–Crippen MR) is 81.9 cm³/mol. The maximum Gasteiger partial charge on any atom is 0.250 e. The molecule has 0 fully saturated rings. The number of para-hydroxylation sites is 2. The minimum atomic E-state index is -0.0376. The average Bonchev–Trinajstić information content (AvgIpc) is 2.85. The molecule has 0 saturated carbocycles. The molecule has 2 aromatic heterocycles. The molecule has 3 N–H and O–H groups in total. The Labute approximate surface area is 119 Å². The van der Waals surface area contributed by atoms with Gasteiger partial charge in [-0.3, -0.25) is 4.79 Å². The van der Waals surface area contributed by atoms with Gasteiger partial charge in [0.25, 0.3) is 5.56 Å². The Morgan fingerprint density at radius 3 is 2.95 bits per heavy atom. The number of nitrogens with zero attached hydrogens (tertiary/aromatic N) is 2. The highest BCUT2D eigenvalue weighted by Crippen LogP contribution is 2.19. The third-order valence-electron chi connectivity index (χ3n) is 2.94. The number of nitrogen functional groups attached to an aromatic ring is 1. The molecule has 0 aliphatic carbocycles. The first-order chi connectivity index (χ1) is 9.72. The fourth-order valence-corrected chi connectivity index (χ4v) is 2.79. The summed E-state index contributed by atoms with van der Waals surface area (Å²) >= 11 is 1.59. The van der Waals surface area contributed by atoms with E-state index in [0.717, 1.165) is 21.9 Å². The summed E-state index contributed by atoms with van der Waals surface area (Å²) < 4.78 is 1.62. The average molecular weight is 286 g/mol. The lowest BCUT2D eigenvalue weighted by Gasteiger charge is -2.04. The second-order valence-corrected chi connectivity index (χ2v) is 5.49. The molecule has 0 spiro atoms. The molecule has 1 aromatic carbocycles. The van der Waals surface area contributed by atoms with Crippen molar-refractivity contribution in [2.45, 2.75) is 11.7 Å². The number of nitrogens with one attached hydrogen (secondary N) is 1. The van der Waals surface area contributed by atoms with Crippen LogP contribution < -0.4 is 11.3 Å². The Hall–Kier alpha value is -2.21.